The van der Waals surface area contributed by atoms with E-state index in [1.54, 1.807) is 11.8 Å². The first kappa shape index (κ1) is 17.7. The summed E-state index contributed by atoms with van der Waals surface area (Å²) in [6, 6.07) is 18.5. The third kappa shape index (κ3) is 4.01. The number of thioether (sulfide) groups is 1. The van der Waals surface area contributed by atoms with E-state index in [-0.39, 0.29) is 0 Å². The first-order valence-electron chi connectivity index (χ1n) is 9.13. The first-order chi connectivity index (χ1) is 13.3. The van der Waals surface area contributed by atoms with Gasteiger partial charge in [-0.1, -0.05) is 54.2 Å². The molecule has 0 unspecified atom stereocenters. The highest BCUT2D eigenvalue weighted by molar-refractivity contribution is 7.99. The quantitative estimate of drug-likeness (QED) is 0.561. The molecule has 5 nitrogen and oxygen atoms in total. The molecule has 3 aromatic rings. The van der Waals surface area contributed by atoms with Crippen LogP contribution in [0, 0.1) is 0 Å². The van der Waals surface area contributed by atoms with E-state index >= 15 is 0 Å². The van der Waals surface area contributed by atoms with Gasteiger partial charge in [0, 0.05) is 24.5 Å². The molecule has 4 rings (SSSR count). The maximum Gasteiger partial charge on any atom is 0.232 e. The zero-order chi connectivity index (χ0) is 18.5. The van der Waals surface area contributed by atoms with Gasteiger partial charge in [-0.25, -0.2) is 0 Å². The summed E-state index contributed by atoms with van der Waals surface area (Å²) in [6.07, 6.45) is 4.31. The largest absolute Gasteiger partial charge is 0.494 e. The molecule has 0 aliphatic carbocycles. The molecule has 27 heavy (non-hydrogen) atoms. The van der Waals surface area contributed by atoms with Crippen molar-refractivity contribution in [2.75, 3.05) is 23.8 Å². The van der Waals surface area contributed by atoms with Gasteiger partial charge in [0.05, 0.1) is 6.61 Å². The minimum Gasteiger partial charge on any atom is -0.494 e. The van der Waals surface area contributed by atoms with Crippen LogP contribution in [-0.2, 0) is 6.54 Å². The van der Waals surface area contributed by atoms with Crippen molar-refractivity contribution in [1.29, 1.82) is 0 Å². The van der Waals surface area contributed by atoms with Crippen molar-refractivity contribution in [2.45, 2.75) is 18.6 Å². The Morgan fingerprint density at radius 1 is 1.04 bits per heavy atom. The topological polar surface area (TPSA) is 43.2 Å². The number of ether oxygens (including phenoxy) is 1. The van der Waals surface area contributed by atoms with Crippen LogP contribution in [0.1, 0.15) is 12.5 Å². The summed E-state index contributed by atoms with van der Waals surface area (Å²) >= 11 is 1.71. The molecule has 2 heterocycles. The molecule has 0 saturated heterocycles. The van der Waals surface area contributed by atoms with Gasteiger partial charge in [0.25, 0.3) is 0 Å². The molecule has 0 bridgehead atoms. The van der Waals surface area contributed by atoms with Gasteiger partial charge in [0.2, 0.25) is 5.95 Å². The van der Waals surface area contributed by atoms with Gasteiger partial charge < -0.3 is 9.64 Å². The van der Waals surface area contributed by atoms with E-state index in [9.17, 15) is 0 Å². The number of aromatic nitrogens is 3. The molecule has 1 aromatic heterocycles. The molecule has 138 valence electrons. The Morgan fingerprint density at radius 2 is 1.85 bits per heavy atom. The minimum absolute atomic E-state index is 0.677. The molecule has 1 aliphatic rings. The standard InChI is InChI=1S/C21H22N4OS/c1-2-26-19-12-10-18(11-13-19)24-14-15-25-20(24)22-23-21(25)27-16-6-9-17-7-4-3-5-8-17/h3-13H,2,14-16H2,1H3. The maximum absolute atomic E-state index is 5.52. The number of hydrogen-bond donors (Lipinski definition) is 0. The lowest BCUT2D eigenvalue weighted by Crippen LogP contribution is -2.14. The summed E-state index contributed by atoms with van der Waals surface area (Å²) in [6.45, 7) is 4.48. The Bertz CT molecular complexity index is 906. The maximum atomic E-state index is 5.52. The lowest BCUT2D eigenvalue weighted by molar-refractivity contribution is 0.340. The highest BCUT2D eigenvalue weighted by atomic mass is 32.2. The van der Waals surface area contributed by atoms with Crippen molar-refractivity contribution >= 4 is 29.5 Å². The van der Waals surface area contributed by atoms with Crippen LogP contribution in [-0.4, -0.2) is 33.7 Å². The van der Waals surface area contributed by atoms with E-state index in [1.165, 1.54) is 5.56 Å². The van der Waals surface area contributed by atoms with E-state index in [1.807, 2.05) is 37.3 Å². The Kier molecular flexibility index (Phi) is 5.44. The predicted molar refractivity (Wildman–Crippen MR) is 111 cm³/mol. The summed E-state index contributed by atoms with van der Waals surface area (Å²) in [4.78, 5) is 2.20. The highest BCUT2D eigenvalue weighted by Gasteiger charge is 2.25. The van der Waals surface area contributed by atoms with Crippen molar-refractivity contribution in [3.63, 3.8) is 0 Å². The van der Waals surface area contributed by atoms with E-state index in [4.69, 9.17) is 4.74 Å². The molecule has 0 spiro atoms. The first-order valence-corrected chi connectivity index (χ1v) is 10.1. The molecule has 0 saturated carbocycles. The lowest BCUT2D eigenvalue weighted by atomic mass is 10.2. The molecule has 1 aliphatic heterocycles. The van der Waals surface area contributed by atoms with Gasteiger partial charge in [-0.3, -0.25) is 4.57 Å². The predicted octanol–water partition coefficient (Wildman–Crippen LogP) is 4.63. The van der Waals surface area contributed by atoms with Gasteiger partial charge in [0.1, 0.15) is 5.75 Å². The molecule has 0 fully saturated rings. The van der Waals surface area contributed by atoms with E-state index in [0.717, 1.165) is 41.4 Å². The number of benzene rings is 2. The summed E-state index contributed by atoms with van der Waals surface area (Å²) < 4.78 is 7.71. The Hall–Kier alpha value is -2.73. The Labute approximate surface area is 163 Å². The molecular weight excluding hydrogens is 356 g/mol. The van der Waals surface area contributed by atoms with Crippen molar-refractivity contribution in [3.05, 3.63) is 66.2 Å². The van der Waals surface area contributed by atoms with Crippen molar-refractivity contribution < 1.29 is 4.74 Å². The third-order valence-electron chi connectivity index (χ3n) is 4.36. The van der Waals surface area contributed by atoms with Crippen molar-refractivity contribution in [1.82, 2.24) is 14.8 Å². The normalized spacial score (nSPS) is 13.3. The zero-order valence-corrected chi connectivity index (χ0v) is 16.1. The average Bonchev–Trinajstić information content (AvgIpc) is 3.30. The second-order valence-corrected chi connectivity index (χ2v) is 7.12. The monoisotopic (exact) mass is 378 g/mol. The Morgan fingerprint density at radius 3 is 2.63 bits per heavy atom. The van der Waals surface area contributed by atoms with Gasteiger partial charge >= 0.3 is 0 Å². The fourth-order valence-corrected chi connectivity index (χ4v) is 3.86. The van der Waals surface area contributed by atoms with Gasteiger partial charge in [-0.2, -0.15) is 0 Å². The third-order valence-corrected chi connectivity index (χ3v) is 5.28. The summed E-state index contributed by atoms with van der Waals surface area (Å²) in [7, 11) is 0. The minimum atomic E-state index is 0.677. The van der Waals surface area contributed by atoms with E-state index in [2.05, 4.69) is 56.1 Å². The molecule has 0 N–H and O–H groups in total. The van der Waals surface area contributed by atoms with Crippen LogP contribution in [0.2, 0.25) is 0 Å². The average molecular weight is 379 g/mol. The zero-order valence-electron chi connectivity index (χ0n) is 15.3. The number of hydrogen-bond acceptors (Lipinski definition) is 5. The summed E-state index contributed by atoms with van der Waals surface area (Å²) in [5, 5.41) is 9.76. The molecule has 6 heteroatoms. The smallest absolute Gasteiger partial charge is 0.232 e. The second kappa shape index (κ2) is 8.31. The number of anilines is 2. The fraction of sp³-hybridized carbons (Fsp3) is 0.238. The van der Waals surface area contributed by atoms with Gasteiger partial charge in [0.15, 0.2) is 5.16 Å². The van der Waals surface area contributed by atoms with Crippen LogP contribution < -0.4 is 9.64 Å². The molecule has 2 aromatic carbocycles. The Balaban J connectivity index is 1.41. The number of rotatable bonds is 7. The van der Waals surface area contributed by atoms with Gasteiger partial charge in [-0.15, -0.1) is 10.2 Å². The molecule has 0 atom stereocenters. The van der Waals surface area contributed by atoms with Crippen LogP contribution in [0.3, 0.4) is 0 Å². The van der Waals surface area contributed by atoms with Crippen LogP contribution in [0.15, 0.2) is 65.8 Å². The molecular formula is C21H22N4OS. The highest BCUT2D eigenvalue weighted by Crippen LogP contribution is 2.32. The SMILES string of the molecule is CCOc1ccc(N2CCn3c(SCC=Cc4ccccc4)nnc32)cc1. The summed E-state index contributed by atoms with van der Waals surface area (Å²) in [5.74, 6) is 2.67. The molecule has 0 radical (unpaired) electrons. The summed E-state index contributed by atoms with van der Waals surface area (Å²) in [5.41, 5.74) is 2.33. The van der Waals surface area contributed by atoms with Crippen LogP contribution >= 0.6 is 11.8 Å². The van der Waals surface area contributed by atoms with Crippen molar-refractivity contribution in [2.24, 2.45) is 0 Å². The van der Waals surface area contributed by atoms with Crippen molar-refractivity contribution in [3.8, 4) is 5.75 Å². The lowest BCUT2D eigenvalue weighted by Gasteiger charge is -2.15. The second-order valence-electron chi connectivity index (χ2n) is 6.14. The number of nitrogens with zero attached hydrogens (tertiary/aromatic N) is 4. The van der Waals surface area contributed by atoms with E-state index in [0.29, 0.717) is 6.61 Å². The molecule has 0 amide bonds. The van der Waals surface area contributed by atoms with E-state index < -0.39 is 0 Å². The number of fused-ring (bicyclic) bond motifs is 1. The van der Waals surface area contributed by atoms with Crippen LogP contribution in [0.25, 0.3) is 6.08 Å². The fourth-order valence-electron chi connectivity index (χ4n) is 3.09. The van der Waals surface area contributed by atoms with Crippen LogP contribution in [0.5, 0.6) is 5.75 Å². The van der Waals surface area contributed by atoms with Gasteiger partial charge in [-0.05, 0) is 36.8 Å². The van der Waals surface area contributed by atoms with Crippen LogP contribution in [0.4, 0.5) is 11.6 Å².